The molecular weight excluding hydrogens is 340 g/mol. The molecule has 138 valence electrons. The molecule has 7 nitrogen and oxygen atoms in total. The van der Waals surface area contributed by atoms with Crippen molar-refractivity contribution in [1.29, 1.82) is 0 Å². The van der Waals surface area contributed by atoms with E-state index in [0.29, 0.717) is 6.54 Å². The molecule has 3 heterocycles. The standard InChI is InChI=1S/C20H22N6O/c1-4-7-26-20-14(2)8-17(24-18(20)10-22-26)15-5-6-19(27-3)16(9-15)11-25-13-21-12-23-25/h5-6,8-10,12-13H,4,7,11H2,1-3H3. The molecule has 0 aliphatic carbocycles. The van der Waals surface area contributed by atoms with E-state index in [1.807, 2.05) is 23.0 Å². The second-order valence-corrected chi connectivity index (χ2v) is 6.55. The molecule has 0 aliphatic heterocycles. The van der Waals surface area contributed by atoms with E-state index in [0.717, 1.165) is 46.6 Å². The summed E-state index contributed by atoms with van der Waals surface area (Å²) in [7, 11) is 1.68. The van der Waals surface area contributed by atoms with Crippen LogP contribution in [-0.2, 0) is 13.1 Å². The molecule has 0 fully saturated rings. The van der Waals surface area contributed by atoms with Crippen LogP contribution in [0.15, 0.2) is 43.1 Å². The Morgan fingerprint density at radius 2 is 2.04 bits per heavy atom. The quantitative estimate of drug-likeness (QED) is 0.525. The summed E-state index contributed by atoms with van der Waals surface area (Å²) in [6.45, 7) is 5.75. The highest BCUT2D eigenvalue weighted by Gasteiger charge is 2.12. The fourth-order valence-electron chi connectivity index (χ4n) is 3.38. The number of methoxy groups -OCH3 is 1. The fraction of sp³-hybridized carbons (Fsp3) is 0.300. The predicted octanol–water partition coefficient (Wildman–Crippen LogP) is 3.47. The van der Waals surface area contributed by atoms with Gasteiger partial charge in [0.1, 0.15) is 23.9 Å². The normalized spacial score (nSPS) is 11.2. The zero-order valence-electron chi connectivity index (χ0n) is 15.8. The average molecular weight is 362 g/mol. The number of benzene rings is 1. The third kappa shape index (κ3) is 3.28. The van der Waals surface area contributed by atoms with E-state index in [-0.39, 0.29) is 0 Å². The topological polar surface area (TPSA) is 70.7 Å². The van der Waals surface area contributed by atoms with Gasteiger partial charge in [-0.2, -0.15) is 10.2 Å². The third-order valence-electron chi connectivity index (χ3n) is 4.60. The number of aryl methyl sites for hydroxylation is 2. The maximum atomic E-state index is 5.51. The lowest BCUT2D eigenvalue weighted by molar-refractivity contribution is 0.407. The SMILES string of the molecule is CCCn1ncc2nc(-c3ccc(OC)c(Cn4cncn4)c3)cc(C)c21. The highest BCUT2D eigenvalue weighted by molar-refractivity contribution is 5.81. The van der Waals surface area contributed by atoms with E-state index in [4.69, 9.17) is 9.72 Å². The monoisotopic (exact) mass is 362 g/mol. The van der Waals surface area contributed by atoms with Crippen LogP contribution in [0.3, 0.4) is 0 Å². The molecule has 1 aromatic carbocycles. The highest BCUT2D eigenvalue weighted by atomic mass is 16.5. The van der Waals surface area contributed by atoms with Crippen LogP contribution in [0.4, 0.5) is 0 Å². The Labute approximate surface area is 157 Å². The zero-order chi connectivity index (χ0) is 18.8. The number of rotatable bonds is 6. The van der Waals surface area contributed by atoms with Crippen molar-refractivity contribution < 1.29 is 4.74 Å². The Morgan fingerprint density at radius 3 is 2.78 bits per heavy atom. The molecule has 0 aliphatic rings. The first-order valence-corrected chi connectivity index (χ1v) is 9.02. The molecule has 0 bridgehead atoms. The molecule has 0 saturated heterocycles. The van der Waals surface area contributed by atoms with Gasteiger partial charge in [0, 0.05) is 17.7 Å². The molecule has 3 aromatic heterocycles. The maximum absolute atomic E-state index is 5.51. The first-order valence-electron chi connectivity index (χ1n) is 9.02. The molecule has 0 atom stereocenters. The van der Waals surface area contributed by atoms with Gasteiger partial charge in [-0.15, -0.1) is 0 Å². The van der Waals surface area contributed by atoms with E-state index < -0.39 is 0 Å². The Morgan fingerprint density at radius 1 is 1.15 bits per heavy atom. The van der Waals surface area contributed by atoms with Crippen LogP contribution in [0.1, 0.15) is 24.5 Å². The molecule has 7 heteroatoms. The van der Waals surface area contributed by atoms with Gasteiger partial charge in [0.05, 0.1) is 31.1 Å². The summed E-state index contributed by atoms with van der Waals surface area (Å²) in [4.78, 5) is 8.85. The van der Waals surface area contributed by atoms with Crippen molar-refractivity contribution in [3.63, 3.8) is 0 Å². The van der Waals surface area contributed by atoms with Gasteiger partial charge in [-0.3, -0.25) is 4.68 Å². The summed E-state index contributed by atoms with van der Waals surface area (Å²) in [6, 6.07) is 8.23. The number of aromatic nitrogens is 6. The summed E-state index contributed by atoms with van der Waals surface area (Å²) in [5.74, 6) is 0.822. The van der Waals surface area contributed by atoms with Crippen molar-refractivity contribution >= 4 is 11.0 Å². The van der Waals surface area contributed by atoms with Gasteiger partial charge in [-0.05, 0) is 43.2 Å². The summed E-state index contributed by atoms with van der Waals surface area (Å²) >= 11 is 0. The predicted molar refractivity (Wildman–Crippen MR) is 104 cm³/mol. The van der Waals surface area contributed by atoms with Crippen LogP contribution in [0.2, 0.25) is 0 Å². The molecule has 4 rings (SSSR count). The lowest BCUT2D eigenvalue weighted by Gasteiger charge is -2.12. The van der Waals surface area contributed by atoms with E-state index in [2.05, 4.69) is 41.2 Å². The Kier molecular flexibility index (Phi) is 4.58. The summed E-state index contributed by atoms with van der Waals surface area (Å²) in [5.41, 5.74) is 6.21. The molecule has 27 heavy (non-hydrogen) atoms. The maximum Gasteiger partial charge on any atom is 0.137 e. The molecule has 0 unspecified atom stereocenters. The third-order valence-corrected chi connectivity index (χ3v) is 4.60. The largest absolute Gasteiger partial charge is 0.496 e. The van der Waals surface area contributed by atoms with E-state index >= 15 is 0 Å². The molecule has 0 amide bonds. The van der Waals surface area contributed by atoms with Crippen molar-refractivity contribution in [3.05, 3.63) is 54.2 Å². The molecule has 0 saturated carbocycles. The van der Waals surface area contributed by atoms with Gasteiger partial charge >= 0.3 is 0 Å². The van der Waals surface area contributed by atoms with E-state index in [9.17, 15) is 0 Å². The molecule has 0 N–H and O–H groups in total. The summed E-state index contributed by atoms with van der Waals surface area (Å²) in [6.07, 6.45) is 6.12. The van der Waals surface area contributed by atoms with E-state index in [1.165, 1.54) is 11.9 Å². The number of ether oxygens (including phenoxy) is 1. The van der Waals surface area contributed by atoms with Crippen molar-refractivity contribution in [2.75, 3.05) is 7.11 Å². The molecule has 4 aromatic rings. The Bertz CT molecular complexity index is 1070. The Balaban J connectivity index is 1.76. The zero-order valence-corrected chi connectivity index (χ0v) is 15.8. The van der Waals surface area contributed by atoms with Crippen LogP contribution in [0.5, 0.6) is 5.75 Å². The highest BCUT2D eigenvalue weighted by Crippen LogP contribution is 2.29. The van der Waals surface area contributed by atoms with E-state index in [1.54, 1.807) is 18.1 Å². The van der Waals surface area contributed by atoms with Crippen molar-refractivity contribution in [2.24, 2.45) is 0 Å². The van der Waals surface area contributed by atoms with Gasteiger partial charge in [0.2, 0.25) is 0 Å². The summed E-state index contributed by atoms with van der Waals surface area (Å²) < 4.78 is 9.32. The van der Waals surface area contributed by atoms with Gasteiger partial charge in [0.25, 0.3) is 0 Å². The number of nitrogens with zero attached hydrogens (tertiary/aromatic N) is 6. The second kappa shape index (κ2) is 7.19. The first kappa shape index (κ1) is 17.2. The van der Waals surface area contributed by atoms with Gasteiger partial charge in [-0.25, -0.2) is 14.6 Å². The number of fused-ring (bicyclic) bond motifs is 1. The Hall–Kier alpha value is -3.22. The molecule has 0 spiro atoms. The average Bonchev–Trinajstić information content (AvgIpc) is 3.32. The van der Waals surface area contributed by atoms with Gasteiger partial charge in [-0.1, -0.05) is 6.92 Å². The smallest absolute Gasteiger partial charge is 0.137 e. The minimum Gasteiger partial charge on any atom is -0.496 e. The summed E-state index contributed by atoms with van der Waals surface area (Å²) in [5, 5.41) is 8.68. The fourth-order valence-corrected chi connectivity index (χ4v) is 3.38. The first-order chi connectivity index (χ1) is 13.2. The van der Waals surface area contributed by atoms with Crippen LogP contribution in [0.25, 0.3) is 22.3 Å². The lowest BCUT2D eigenvalue weighted by Crippen LogP contribution is -2.03. The van der Waals surface area contributed by atoms with Crippen molar-refractivity contribution in [2.45, 2.75) is 33.4 Å². The number of pyridine rings is 1. The molecular formula is C20H22N6O. The van der Waals surface area contributed by atoms with Crippen LogP contribution >= 0.6 is 0 Å². The number of hydrogen-bond donors (Lipinski definition) is 0. The van der Waals surface area contributed by atoms with Crippen LogP contribution in [0, 0.1) is 6.92 Å². The van der Waals surface area contributed by atoms with Crippen molar-refractivity contribution in [3.8, 4) is 17.0 Å². The minimum absolute atomic E-state index is 0.590. The lowest BCUT2D eigenvalue weighted by atomic mass is 10.0. The van der Waals surface area contributed by atoms with Crippen molar-refractivity contribution in [1.82, 2.24) is 29.5 Å². The van der Waals surface area contributed by atoms with Crippen LogP contribution < -0.4 is 4.74 Å². The van der Waals surface area contributed by atoms with Gasteiger partial charge in [0.15, 0.2) is 0 Å². The molecule has 0 radical (unpaired) electrons. The van der Waals surface area contributed by atoms with Crippen LogP contribution in [-0.4, -0.2) is 36.6 Å². The van der Waals surface area contributed by atoms with Gasteiger partial charge < -0.3 is 4.74 Å². The number of hydrogen-bond acceptors (Lipinski definition) is 5. The second-order valence-electron chi connectivity index (χ2n) is 6.55. The minimum atomic E-state index is 0.590.